The van der Waals surface area contributed by atoms with Crippen molar-refractivity contribution in [2.24, 2.45) is 0 Å². The molecule has 2 rings (SSSR count). The van der Waals surface area contributed by atoms with Crippen LogP contribution in [0.25, 0.3) is 0 Å². The molecule has 3 amide bonds. The highest BCUT2D eigenvalue weighted by Crippen LogP contribution is 2.12. The second-order valence-corrected chi connectivity index (χ2v) is 7.61. The van der Waals surface area contributed by atoms with Gasteiger partial charge in [-0.1, -0.05) is 30.3 Å². The van der Waals surface area contributed by atoms with Gasteiger partial charge in [0, 0.05) is 45.6 Å². The Hall–Kier alpha value is -2.57. The maximum absolute atomic E-state index is 12.3. The first-order valence-electron chi connectivity index (χ1n) is 9.31. The van der Waals surface area contributed by atoms with Crippen LogP contribution in [0.15, 0.2) is 30.3 Å². The fourth-order valence-electron chi connectivity index (χ4n) is 2.73. The van der Waals surface area contributed by atoms with Crippen LogP contribution >= 0.6 is 0 Å². The molecule has 1 aliphatic rings. The summed E-state index contributed by atoms with van der Waals surface area (Å²) in [5.74, 6) is -0.201. The minimum absolute atomic E-state index is 0.0614. The molecule has 0 aromatic heterocycles. The Kier molecular flexibility index (Phi) is 7.21. The monoisotopic (exact) mass is 375 g/mol. The predicted molar refractivity (Wildman–Crippen MR) is 102 cm³/mol. The molecule has 1 N–H and O–H groups in total. The third-order valence-electron chi connectivity index (χ3n) is 4.18. The Labute approximate surface area is 160 Å². The second-order valence-electron chi connectivity index (χ2n) is 7.61. The zero-order valence-corrected chi connectivity index (χ0v) is 16.4. The molecule has 148 valence electrons. The molecule has 7 nitrogen and oxygen atoms in total. The van der Waals surface area contributed by atoms with E-state index in [0.717, 1.165) is 5.56 Å². The number of amides is 3. The van der Waals surface area contributed by atoms with Gasteiger partial charge in [0.25, 0.3) is 0 Å². The minimum atomic E-state index is -0.531. The van der Waals surface area contributed by atoms with E-state index in [1.165, 1.54) is 0 Å². The molecule has 27 heavy (non-hydrogen) atoms. The van der Waals surface area contributed by atoms with Gasteiger partial charge < -0.3 is 19.9 Å². The third kappa shape index (κ3) is 7.29. The number of ether oxygens (including phenoxy) is 1. The molecular weight excluding hydrogens is 346 g/mol. The molecule has 7 heteroatoms. The summed E-state index contributed by atoms with van der Waals surface area (Å²) in [5, 5.41) is 2.82. The molecule has 1 aliphatic heterocycles. The second kappa shape index (κ2) is 9.39. The highest BCUT2D eigenvalue weighted by molar-refractivity contribution is 5.84. The van der Waals surface area contributed by atoms with Crippen molar-refractivity contribution in [3.8, 4) is 0 Å². The minimum Gasteiger partial charge on any atom is -0.444 e. The summed E-state index contributed by atoms with van der Waals surface area (Å²) in [7, 11) is 0. The first kappa shape index (κ1) is 20.7. The zero-order valence-electron chi connectivity index (χ0n) is 16.4. The molecule has 0 aliphatic carbocycles. The van der Waals surface area contributed by atoms with Crippen LogP contribution in [0.4, 0.5) is 4.79 Å². The molecule has 0 bridgehead atoms. The van der Waals surface area contributed by atoms with Gasteiger partial charge in [0.1, 0.15) is 5.60 Å². The normalized spacial score (nSPS) is 14.6. The summed E-state index contributed by atoms with van der Waals surface area (Å²) < 4.78 is 5.35. The lowest BCUT2D eigenvalue weighted by molar-refractivity contribution is -0.135. The Morgan fingerprint density at radius 3 is 2.15 bits per heavy atom. The Morgan fingerprint density at radius 1 is 0.963 bits per heavy atom. The number of hydrogen-bond acceptors (Lipinski definition) is 4. The Morgan fingerprint density at radius 2 is 1.56 bits per heavy atom. The molecule has 1 aromatic rings. The quantitative estimate of drug-likeness (QED) is 0.855. The molecule has 1 aromatic carbocycles. The van der Waals surface area contributed by atoms with E-state index < -0.39 is 5.60 Å². The maximum atomic E-state index is 12.3. The van der Waals surface area contributed by atoms with E-state index in [2.05, 4.69) is 5.32 Å². The predicted octanol–water partition coefficient (Wildman–Crippen LogP) is 2.16. The first-order chi connectivity index (χ1) is 12.7. The largest absolute Gasteiger partial charge is 0.444 e. The molecule has 0 radical (unpaired) electrons. The summed E-state index contributed by atoms with van der Waals surface area (Å²) in [6, 6.07) is 9.64. The van der Waals surface area contributed by atoms with Crippen molar-refractivity contribution < 1.29 is 19.1 Å². The van der Waals surface area contributed by atoms with Crippen LogP contribution in [0, 0.1) is 0 Å². The molecule has 0 spiro atoms. The Balaban J connectivity index is 1.67. The molecule has 1 saturated heterocycles. The lowest BCUT2D eigenvalue weighted by Gasteiger charge is -2.35. The van der Waals surface area contributed by atoms with Gasteiger partial charge in [-0.05, 0) is 26.3 Å². The molecule has 0 unspecified atom stereocenters. The van der Waals surface area contributed by atoms with E-state index in [4.69, 9.17) is 4.74 Å². The molecule has 0 saturated carbocycles. The highest BCUT2D eigenvalue weighted by Gasteiger charge is 2.27. The topological polar surface area (TPSA) is 79.0 Å². The van der Waals surface area contributed by atoms with Gasteiger partial charge in [0.15, 0.2) is 0 Å². The van der Waals surface area contributed by atoms with Crippen molar-refractivity contribution >= 4 is 17.9 Å². The van der Waals surface area contributed by atoms with Crippen molar-refractivity contribution in [1.82, 2.24) is 15.1 Å². The van der Waals surface area contributed by atoms with E-state index in [9.17, 15) is 14.4 Å². The first-order valence-corrected chi connectivity index (χ1v) is 9.31. The van der Waals surface area contributed by atoms with E-state index in [-0.39, 0.29) is 30.7 Å². The number of hydrogen-bond donors (Lipinski definition) is 1. The van der Waals surface area contributed by atoms with Crippen LogP contribution < -0.4 is 5.32 Å². The van der Waals surface area contributed by atoms with Gasteiger partial charge in [-0.25, -0.2) is 4.79 Å². The van der Waals surface area contributed by atoms with Gasteiger partial charge in [0.2, 0.25) is 11.8 Å². The van der Waals surface area contributed by atoms with Crippen LogP contribution in [-0.2, 0) is 20.9 Å². The number of piperazine rings is 1. The van der Waals surface area contributed by atoms with Crippen molar-refractivity contribution in [1.29, 1.82) is 0 Å². The highest BCUT2D eigenvalue weighted by atomic mass is 16.6. The van der Waals surface area contributed by atoms with Gasteiger partial charge in [-0.2, -0.15) is 0 Å². The van der Waals surface area contributed by atoms with Gasteiger partial charge >= 0.3 is 6.09 Å². The van der Waals surface area contributed by atoms with Crippen molar-refractivity contribution in [2.75, 3.05) is 26.2 Å². The molecule has 1 heterocycles. The van der Waals surface area contributed by atoms with Gasteiger partial charge in [0.05, 0.1) is 0 Å². The lowest BCUT2D eigenvalue weighted by atomic mass is 10.2. The van der Waals surface area contributed by atoms with Crippen molar-refractivity contribution in [3.05, 3.63) is 35.9 Å². The van der Waals surface area contributed by atoms with Crippen LogP contribution in [0.2, 0.25) is 0 Å². The lowest BCUT2D eigenvalue weighted by Crippen LogP contribution is -2.51. The summed E-state index contributed by atoms with van der Waals surface area (Å²) in [4.78, 5) is 39.6. The van der Waals surface area contributed by atoms with Crippen molar-refractivity contribution in [2.45, 2.75) is 45.8 Å². The SMILES string of the molecule is CC(C)(C)OC(=O)N1CCN(C(=O)CCC(=O)NCc2ccccc2)CC1. The number of carbonyl (C=O) groups excluding carboxylic acids is 3. The van der Waals surface area contributed by atoms with Crippen LogP contribution in [0.3, 0.4) is 0 Å². The van der Waals surface area contributed by atoms with Crippen LogP contribution in [-0.4, -0.2) is 59.5 Å². The molecule has 0 atom stereocenters. The fraction of sp³-hybridized carbons (Fsp3) is 0.550. The number of nitrogens with one attached hydrogen (secondary N) is 1. The molecular formula is C20H29N3O4. The van der Waals surface area contributed by atoms with E-state index in [1.807, 2.05) is 51.1 Å². The third-order valence-corrected chi connectivity index (χ3v) is 4.18. The standard InChI is InChI=1S/C20H29N3O4/c1-20(2,3)27-19(26)23-13-11-22(12-14-23)18(25)10-9-17(24)21-15-16-7-5-4-6-8-16/h4-8H,9-15H2,1-3H3,(H,21,24). The zero-order chi connectivity index (χ0) is 19.9. The van der Waals surface area contributed by atoms with E-state index in [0.29, 0.717) is 32.7 Å². The number of benzene rings is 1. The fourth-order valence-corrected chi connectivity index (χ4v) is 2.73. The number of rotatable bonds is 5. The van der Waals surface area contributed by atoms with Crippen LogP contribution in [0.1, 0.15) is 39.2 Å². The smallest absolute Gasteiger partial charge is 0.410 e. The average Bonchev–Trinajstić information content (AvgIpc) is 2.64. The van der Waals surface area contributed by atoms with Crippen LogP contribution in [0.5, 0.6) is 0 Å². The summed E-state index contributed by atoms with van der Waals surface area (Å²) in [6.45, 7) is 7.76. The number of nitrogens with zero attached hydrogens (tertiary/aromatic N) is 2. The van der Waals surface area contributed by atoms with Gasteiger partial charge in [-0.15, -0.1) is 0 Å². The Bertz CT molecular complexity index is 647. The summed E-state index contributed by atoms with van der Waals surface area (Å²) in [6.07, 6.45) is -0.0137. The van der Waals surface area contributed by atoms with Crippen molar-refractivity contribution in [3.63, 3.8) is 0 Å². The van der Waals surface area contributed by atoms with E-state index in [1.54, 1.807) is 9.80 Å². The van der Waals surface area contributed by atoms with Gasteiger partial charge in [-0.3, -0.25) is 9.59 Å². The summed E-state index contributed by atoms with van der Waals surface area (Å²) in [5.41, 5.74) is 0.493. The summed E-state index contributed by atoms with van der Waals surface area (Å²) >= 11 is 0. The maximum Gasteiger partial charge on any atom is 0.410 e. The number of carbonyl (C=O) groups is 3. The average molecular weight is 375 g/mol. The van der Waals surface area contributed by atoms with E-state index >= 15 is 0 Å². The molecule has 1 fully saturated rings.